The van der Waals surface area contributed by atoms with E-state index >= 15 is 0 Å². The quantitative estimate of drug-likeness (QED) is 0.712. The molecule has 13 heavy (non-hydrogen) atoms. The molecule has 1 aromatic rings. The summed E-state index contributed by atoms with van der Waals surface area (Å²) < 4.78 is 21.8. The van der Waals surface area contributed by atoms with Crippen LogP contribution >= 0.6 is 18.2 Å². The highest BCUT2D eigenvalue weighted by Gasteiger charge is 2.31. The van der Waals surface area contributed by atoms with Gasteiger partial charge in [0.15, 0.2) is 0 Å². The number of benzene rings is 1. The lowest BCUT2D eigenvalue weighted by Crippen LogP contribution is -1.79. The molecular weight excluding hydrogens is 207 g/mol. The molecule has 0 unspecified atom stereocenters. The van der Waals surface area contributed by atoms with Crippen molar-refractivity contribution in [1.82, 2.24) is 0 Å². The van der Waals surface area contributed by atoms with E-state index < -0.39 is 6.80 Å². The van der Waals surface area contributed by atoms with Gasteiger partial charge in [0.25, 0.3) is 0 Å². The second-order valence-corrected chi connectivity index (χ2v) is 6.47. The Morgan fingerprint density at radius 1 is 1.15 bits per heavy atom. The van der Waals surface area contributed by atoms with Crippen LogP contribution in [0.1, 0.15) is 0 Å². The van der Waals surface area contributed by atoms with E-state index in [1.807, 2.05) is 30.3 Å². The van der Waals surface area contributed by atoms with E-state index in [0.717, 1.165) is 16.3 Å². The third-order valence-electron chi connectivity index (χ3n) is 1.54. The molecule has 1 aliphatic rings. The summed E-state index contributed by atoms with van der Waals surface area (Å²) in [6.07, 6.45) is 0. The van der Waals surface area contributed by atoms with E-state index in [1.165, 1.54) is 0 Å². The van der Waals surface area contributed by atoms with Crippen molar-refractivity contribution in [3.05, 3.63) is 30.3 Å². The van der Waals surface area contributed by atoms with Crippen LogP contribution in [0.15, 0.2) is 35.2 Å². The van der Waals surface area contributed by atoms with Crippen LogP contribution in [0, 0.1) is 0 Å². The molecule has 1 aromatic carbocycles. The van der Waals surface area contributed by atoms with Crippen molar-refractivity contribution in [2.45, 2.75) is 4.90 Å². The summed E-state index contributed by atoms with van der Waals surface area (Å²) in [5, 5.41) is 0. The van der Waals surface area contributed by atoms with Crippen molar-refractivity contribution in [3.8, 4) is 0 Å². The van der Waals surface area contributed by atoms with Crippen LogP contribution in [0.2, 0.25) is 0 Å². The Balaban J connectivity index is 2.10. The molecule has 0 aromatic heterocycles. The van der Waals surface area contributed by atoms with E-state index in [2.05, 4.69) is 0 Å². The van der Waals surface area contributed by atoms with E-state index in [9.17, 15) is 4.57 Å². The smallest absolute Gasteiger partial charge is 0.298 e. The van der Waals surface area contributed by atoms with Gasteiger partial charge in [0.05, 0.1) is 13.2 Å². The Morgan fingerprint density at radius 3 is 2.38 bits per heavy atom. The highest BCUT2D eigenvalue weighted by molar-refractivity contribution is 8.55. The third-order valence-corrected chi connectivity index (χ3v) is 5.18. The van der Waals surface area contributed by atoms with E-state index in [1.54, 1.807) is 0 Å². The fraction of sp³-hybridized carbons (Fsp3) is 0.250. The summed E-state index contributed by atoms with van der Waals surface area (Å²) in [5.41, 5.74) is 0. The predicted molar refractivity (Wildman–Crippen MR) is 51.8 cm³/mol. The van der Waals surface area contributed by atoms with Crippen LogP contribution in [0.3, 0.4) is 0 Å². The highest BCUT2D eigenvalue weighted by Crippen LogP contribution is 2.65. The number of rotatable bonds is 2. The van der Waals surface area contributed by atoms with E-state index in [4.69, 9.17) is 9.05 Å². The first-order valence-electron chi connectivity index (χ1n) is 3.92. The van der Waals surface area contributed by atoms with Gasteiger partial charge in [0.1, 0.15) is 0 Å². The van der Waals surface area contributed by atoms with E-state index in [-0.39, 0.29) is 0 Å². The van der Waals surface area contributed by atoms with Gasteiger partial charge in [-0.25, -0.2) is 4.57 Å². The van der Waals surface area contributed by atoms with Crippen molar-refractivity contribution in [1.29, 1.82) is 0 Å². The zero-order valence-corrected chi connectivity index (χ0v) is 8.59. The van der Waals surface area contributed by atoms with Gasteiger partial charge in [0, 0.05) is 4.90 Å². The average Bonchev–Trinajstić information content (AvgIpc) is 2.54. The standard InChI is InChI=1S/C8H9O3PS/c9-12(10-6-7-11-12)13-8-4-2-1-3-5-8/h1-5H,6-7H2. The van der Waals surface area contributed by atoms with Crippen molar-refractivity contribution in [2.24, 2.45) is 0 Å². The summed E-state index contributed by atoms with van der Waals surface area (Å²) in [6, 6.07) is 9.47. The van der Waals surface area contributed by atoms with Crippen LogP contribution in [0.5, 0.6) is 0 Å². The Morgan fingerprint density at radius 2 is 1.77 bits per heavy atom. The summed E-state index contributed by atoms with van der Waals surface area (Å²) in [7, 11) is 0. The maximum absolute atomic E-state index is 11.7. The SMILES string of the molecule is O=P1(Sc2ccccc2)OCCO1. The highest BCUT2D eigenvalue weighted by atomic mass is 32.7. The van der Waals surface area contributed by atoms with Gasteiger partial charge in [-0.15, -0.1) is 0 Å². The minimum Gasteiger partial charge on any atom is -0.298 e. The molecule has 0 aliphatic carbocycles. The van der Waals surface area contributed by atoms with Gasteiger partial charge in [-0.1, -0.05) is 18.2 Å². The summed E-state index contributed by atoms with van der Waals surface area (Å²) >= 11 is 1.16. The Kier molecular flexibility index (Phi) is 2.74. The molecule has 2 rings (SSSR count). The molecule has 1 heterocycles. The van der Waals surface area contributed by atoms with Gasteiger partial charge in [0.2, 0.25) is 0 Å². The zero-order chi connectivity index (χ0) is 9.15. The first kappa shape index (κ1) is 9.28. The number of hydrogen-bond acceptors (Lipinski definition) is 4. The fourth-order valence-electron chi connectivity index (χ4n) is 0.999. The van der Waals surface area contributed by atoms with E-state index in [0.29, 0.717) is 13.2 Å². The molecule has 0 radical (unpaired) electrons. The molecule has 3 nitrogen and oxygen atoms in total. The van der Waals surface area contributed by atoms with Crippen LogP contribution in [0.4, 0.5) is 0 Å². The Bertz CT molecular complexity index is 317. The molecule has 5 heteroatoms. The van der Waals surface area contributed by atoms with Crippen molar-refractivity contribution < 1.29 is 13.6 Å². The van der Waals surface area contributed by atoms with Crippen LogP contribution < -0.4 is 0 Å². The van der Waals surface area contributed by atoms with Gasteiger partial charge in [-0.2, -0.15) is 0 Å². The zero-order valence-electron chi connectivity index (χ0n) is 6.88. The molecule has 0 bridgehead atoms. The van der Waals surface area contributed by atoms with Crippen molar-refractivity contribution in [3.63, 3.8) is 0 Å². The molecule has 0 amide bonds. The van der Waals surface area contributed by atoms with Gasteiger partial charge in [-0.05, 0) is 23.5 Å². The van der Waals surface area contributed by atoms with Gasteiger partial charge in [-0.3, -0.25) is 9.05 Å². The lowest BCUT2D eigenvalue weighted by atomic mass is 10.4. The maximum atomic E-state index is 11.7. The molecule has 1 aliphatic heterocycles. The molecule has 0 saturated carbocycles. The lowest BCUT2D eigenvalue weighted by Gasteiger charge is -2.07. The molecule has 0 atom stereocenters. The van der Waals surface area contributed by atoms with Gasteiger partial charge < -0.3 is 0 Å². The monoisotopic (exact) mass is 216 g/mol. The molecule has 0 spiro atoms. The maximum Gasteiger partial charge on any atom is 0.394 e. The van der Waals surface area contributed by atoms with Crippen molar-refractivity contribution in [2.75, 3.05) is 13.2 Å². The lowest BCUT2D eigenvalue weighted by molar-refractivity contribution is 0.365. The summed E-state index contributed by atoms with van der Waals surface area (Å²) in [4.78, 5) is 0.910. The van der Waals surface area contributed by atoms with Crippen molar-refractivity contribution >= 4 is 18.2 Å². The topological polar surface area (TPSA) is 35.5 Å². The normalized spacial score (nSPS) is 20.3. The fourth-order valence-corrected chi connectivity index (χ4v) is 4.22. The summed E-state index contributed by atoms with van der Waals surface area (Å²) in [5.74, 6) is 0. The Labute approximate surface area is 80.7 Å². The molecular formula is C8H9O3PS. The Hall–Kier alpha value is -0.280. The summed E-state index contributed by atoms with van der Waals surface area (Å²) in [6.45, 7) is -2.02. The molecule has 0 N–H and O–H groups in total. The van der Waals surface area contributed by atoms with Crippen LogP contribution in [-0.4, -0.2) is 13.2 Å². The van der Waals surface area contributed by atoms with Crippen LogP contribution in [-0.2, 0) is 13.6 Å². The second-order valence-electron chi connectivity index (χ2n) is 2.52. The largest absolute Gasteiger partial charge is 0.394 e. The minimum absolute atomic E-state index is 0.428. The van der Waals surface area contributed by atoms with Crippen LogP contribution in [0.25, 0.3) is 0 Å². The predicted octanol–water partition coefficient (Wildman–Crippen LogP) is 2.93. The average molecular weight is 216 g/mol. The minimum atomic E-state index is -2.88. The number of hydrogen-bond donors (Lipinski definition) is 0. The first-order chi connectivity index (χ1) is 6.29. The molecule has 1 saturated heterocycles. The van der Waals surface area contributed by atoms with Gasteiger partial charge >= 0.3 is 6.80 Å². The third kappa shape index (κ3) is 2.35. The molecule has 1 fully saturated rings. The first-order valence-corrected chi connectivity index (χ1v) is 6.89. The second kappa shape index (κ2) is 3.84. The molecule has 70 valence electrons.